The highest BCUT2D eigenvalue weighted by Crippen LogP contribution is 2.30. The normalized spacial score (nSPS) is 17.8. The molecule has 1 heterocycles. The number of carbonyl (C=O) groups is 1. The lowest BCUT2D eigenvalue weighted by atomic mass is 10.1. The molecule has 0 spiro atoms. The molecule has 0 aromatic heterocycles. The molecule has 1 unspecified atom stereocenters. The third-order valence-corrected chi connectivity index (χ3v) is 3.56. The van der Waals surface area contributed by atoms with Gasteiger partial charge < -0.3 is 10.2 Å². The molecule has 2 rings (SSSR count). The van der Waals surface area contributed by atoms with E-state index >= 15 is 0 Å². The number of benzene rings is 1. The van der Waals surface area contributed by atoms with Crippen molar-refractivity contribution in [3.63, 3.8) is 0 Å². The number of urea groups is 1. The molecule has 1 aromatic rings. The number of amides is 2. The van der Waals surface area contributed by atoms with Gasteiger partial charge in [-0.05, 0) is 31.0 Å². The van der Waals surface area contributed by atoms with Crippen LogP contribution in [-0.2, 0) is 0 Å². The van der Waals surface area contributed by atoms with Gasteiger partial charge in [-0.15, -0.1) is 0 Å². The fraction of sp³-hybridized carbons (Fsp3) is 0.417. The van der Waals surface area contributed by atoms with E-state index < -0.39 is 0 Å². The Morgan fingerprint density at radius 3 is 2.82 bits per heavy atom. The highest BCUT2D eigenvalue weighted by atomic mass is 35.5. The topological polar surface area (TPSA) is 32.3 Å². The van der Waals surface area contributed by atoms with Crippen molar-refractivity contribution in [2.45, 2.75) is 19.4 Å². The van der Waals surface area contributed by atoms with Gasteiger partial charge in [0.1, 0.15) is 0 Å². The van der Waals surface area contributed by atoms with Crippen LogP contribution < -0.4 is 5.32 Å². The van der Waals surface area contributed by atoms with Gasteiger partial charge in [0.05, 0.1) is 6.04 Å². The minimum absolute atomic E-state index is 0.0326. The first-order chi connectivity index (χ1) is 8.09. The monoisotopic (exact) mass is 272 g/mol. The predicted molar refractivity (Wildman–Crippen MR) is 69.6 cm³/mol. The first-order valence-electron chi connectivity index (χ1n) is 5.59. The maximum Gasteiger partial charge on any atom is 0.317 e. The molecule has 3 nitrogen and oxygen atoms in total. The summed E-state index contributed by atoms with van der Waals surface area (Å²) in [5, 5.41) is 4.04. The number of nitrogens with zero attached hydrogens (tertiary/aromatic N) is 1. The van der Waals surface area contributed by atoms with E-state index in [-0.39, 0.29) is 12.1 Å². The van der Waals surface area contributed by atoms with Crippen LogP contribution in [0.15, 0.2) is 18.2 Å². The molecule has 2 amide bonds. The average Bonchev–Trinajstić information content (AvgIpc) is 2.29. The minimum Gasteiger partial charge on any atom is -0.338 e. The van der Waals surface area contributed by atoms with Crippen LogP contribution in [0, 0.1) is 0 Å². The van der Waals surface area contributed by atoms with Gasteiger partial charge in [-0.25, -0.2) is 4.79 Å². The van der Waals surface area contributed by atoms with Crippen molar-refractivity contribution < 1.29 is 4.79 Å². The zero-order chi connectivity index (χ0) is 12.4. The quantitative estimate of drug-likeness (QED) is 0.879. The smallest absolute Gasteiger partial charge is 0.317 e. The van der Waals surface area contributed by atoms with Crippen LogP contribution in [0.4, 0.5) is 4.79 Å². The van der Waals surface area contributed by atoms with Crippen LogP contribution >= 0.6 is 23.2 Å². The lowest BCUT2D eigenvalue weighted by molar-refractivity contribution is 0.166. The van der Waals surface area contributed by atoms with Gasteiger partial charge in [-0.3, -0.25) is 0 Å². The first kappa shape index (κ1) is 12.5. The highest BCUT2D eigenvalue weighted by molar-refractivity contribution is 6.35. The van der Waals surface area contributed by atoms with Gasteiger partial charge >= 0.3 is 6.03 Å². The number of carbonyl (C=O) groups excluding carboxylic acids is 1. The summed E-state index contributed by atoms with van der Waals surface area (Å²) < 4.78 is 0. The zero-order valence-corrected chi connectivity index (χ0v) is 11.1. The fourth-order valence-corrected chi connectivity index (χ4v) is 2.59. The van der Waals surface area contributed by atoms with Gasteiger partial charge in [-0.2, -0.15) is 0 Å². The molecule has 1 atom stereocenters. The number of rotatable bonds is 2. The standard InChI is InChI=1S/C12H14Cl2N2O/c1-8(16-6-2-5-15-12(16)17)10-4-3-9(13)7-11(10)14/h3-4,7-8H,2,5-6H2,1H3,(H,15,17). The van der Waals surface area contributed by atoms with E-state index in [2.05, 4.69) is 5.32 Å². The summed E-state index contributed by atoms with van der Waals surface area (Å²) in [4.78, 5) is 13.5. The van der Waals surface area contributed by atoms with Crippen molar-refractivity contribution in [1.29, 1.82) is 0 Å². The average molecular weight is 273 g/mol. The van der Waals surface area contributed by atoms with Crippen molar-refractivity contribution in [2.75, 3.05) is 13.1 Å². The fourth-order valence-electron chi connectivity index (χ4n) is 2.03. The van der Waals surface area contributed by atoms with Crippen LogP contribution in [0.2, 0.25) is 10.0 Å². The lowest BCUT2D eigenvalue weighted by Gasteiger charge is -2.33. The van der Waals surface area contributed by atoms with E-state index in [0.717, 1.165) is 25.1 Å². The Balaban J connectivity index is 2.23. The van der Waals surface area contributed by atoms with E-state index in [4.69, 9.17) is 23.2 Å². The molecule has 1 aliphatic rings. The van der Waals surface area contributed by atoms with Crippen LogP contribution in [-0.4, -0.2) is 24.0 Å². The molecule has 1 fully saturated rings. The van der Waals surface area contributed by atoms with Crippen LogP contribution in [0.25, 0.3) is 0 Å². The van der Waals surface area contributed by atoms with E-state index in [1.54, 1.807) is 17.0 Å². The summed E-state index contributed by atoms with van der Waals surface area (Å²) in [6.07, 6.45) is 0.960. The number of hydrogen-bond donors (Lipinski definition) is 1. The van der Waals surface area contributed by atoms with Crippen LogP contribution in [0.5, 0.6) is 0 Å². The van der Waals surface area contributed by atoms with Crippen molar-refractivity contribution in [3.8, 4) is 0 Å². The molecule has 1 aromatic carbocycles. The minimum atomic E-state index is -0.0416. The molecule has 5 heteroatoms. The summed E-state index contributed by atoms with van der Waals surface area (Å²) in [7, 11) is 0. The van der Waals surface area contributed by atoms with Gasteiger partial charge in [0.2, 0.25) is 0 Å². The Bertz CT molecular complexity index is 437. The number of halogens is 2. The summed E-state index contributed by atoms with van der Waals surface area (Å²) in [6, 6.07) is 5.30. The van der Waals surface area contributed by atoms with E-state index in [9.17, 15) is 4.79 Å². The summed E-state index contributed by atoms with van der Waals surface area (Å²) in [6.45, 7) is 3.47. The molecule has 0 aliphatic carbocycles. The number of hydrogen-bond acceptors (Lipinski definition) is 1. The van der Waals surface area contributed by atoms with Crippen molar-refractivity contribution in [2.24, 2.45) is 0 Å². The molecule has 0 saturated carbocycles. The third-order valence-electron chi connectivity index (χ3n) is 2.99. The van der Waals surface area contributed by atoms with E-state index in [1.807, 2.05) is 13.0 Å². The molecule has 92 valence electrons. The second kappa shape index (κ2) is 5.15. The molecule has 0 bridgehead atoms. The lowest BCUT2D eigenvalue weighted by Crippen LogP contribution is -2.47. The van der Waals surface area contributed by atoms with Crippen molar-refractivity contribution >= 4 is 29.2 Å². The van der Waals surface area contributed by atoms with Gasteiger partial charge in [0.15, 0.2) is 0 Å². The predicted octanol–water partition coefficient (Wildman–Crippen LogP) is 3.47. The Labute approximate surface area is 111 Å². The molecular formula is C12H14Cl2N2O. The largest absolute Gasteiger partial charge is 0.338 e. The second-order valence-corrected chi connectivity index (χ2v) is 4.96. The summed E-state index contributed by atoms with van der Waals surface area (Å²) in [5.74, 6) is 0. The van der Waals surface area contributed by atoms with Crippen molar-refractivity contribution in [3.05, 3.63) is 33.8 Å². The Morgan fingerprint density at radius 2 is 2.18 bits per heavy atom. The maximum atomic E-state index is 11.7. The molecular weight excluding hydrogens is 259 g/mol. The maximum absolute atomic E-state index is 11.7. The van der Waals surface area contributed by atoms with E-state index in [0.29, 0.717) is 10.0 Å². The third kappa shape index (κ3) is 2.67. The van der Waals surface area contributed by atoms with Crippen LogP contribution in [0.3, 0.4) is 0 Å². The zero-order valence-electron chi connectivity index (χ0n) is 9.54. The number of nitrogens with one attached hydrogen (secondary N) is 1. The Kier molecular flexibility index (Phi) is 3.79. The SMILES string of the molecule is CC(c1ccc(Cl)cc1Cl)N1CCCNC1=O. The Hall–Kier alpha value is -0.930. The highest BCUT2D eigenvalue weighted by Gasteiger charge is 2.25. The van der Waals surface area contributed by atoms with Gasteiger partial charge in [0, 0.05) is 23.1 Å². The van der Waals surface area contributed by atoms with E-state index in [1.165, 1.54) is 0 Å². The molecule has 1 N–H and O–H groups in total. The first-order valence-corrected chi connectivity index (χ1v) is 6.34. The molecule has 0 radical (unpaired) electrons. The second-order valence-electron chi connectivity index (χ2n) is 4.12. The van der Waals surface area contributed by atoms with Gasteiger partial charge in [-0.1, -0.05) is 29.3 Å². The molecule has 1 saturated heterocycles. The Morgan fingerprint density at radius 1 is 1.41 bits per heavy atom. The molecule has 1 aliphatic heterocycles. The van der Waals surface area contributed by atoms with Crippen LogP contribution in [0.1, 0.15) is 24.9 Å². The summed E-state index contributed by atoms with van der Waals surface area (Å²) in [5.41, 5.74) is 0.924. The van der Waals surface area contributed by atoms with Crippen molar-refractivity contribution in [1.82, 2.24) is 10.2 Å². The summed E-state index contributed by atoms with van der Waals surface area (Å²) >= 11 is 12.0. The molecule has 17 heavy (non-hydrogen) atoms. The van der Waals surface area contributed by atoms with Gasteiger partial charge in [0.25, 0.3) is 0 Å².